The van der Waals surface area contributed by atoms with Gasteiger partial charge < -0.3 is 9.88 Å². The summed E-state index contributed by atoms with van der Waals surface area (Å²) >= 11 is 2.01. The van der Waals surface area contributed by atoms with Gasteiger partial charge in [0.2, 0.25) is 0 Å². The molecular weight excluding hydrogens is 204 g/mol. The summed E-state index contributed by atoms with van der Waals surface area (Å²) in [5, 5.41) is 4.51. The third kappa shape index (κ3) is 2.79. The summed E-state index contributed by atoms with van der Waals surface area (Å²) < 4.78 is 2.11. The van der Waals surface area contributed by atoms with Gasteiger partial charge in [-0.15, -0.1) is 0 Å². The normalized spacial score (nSPS) is 26.0. The van der Waals surface area contributed by atoms with Crippen LogP contribution in [-0.2, 0) is 13.6 Å². The van der Waals surface area contributed by atoms with Crippen LogP contribution in [0.2, 0.25) is 0 Å². The zero-order valence-corrected chi connectivity index (χ0v) is 10.4. The van der Waals surface area contributed by atoms with E-state index < -0.39 is 0 Å². The highest BCUT2D eigenvalue weighted by molar-refractivity contribution is 7.99. The zero-order chi connectivity index (χ0) is 10.7. The van der Waals surface area contributed by atoms with Crippen LogP contribution in [0, 0.1) is 0 Å². The average molecular weight is 224 g/mol. The summed E-state index contributed by atoms with van der Waals surface area (Å²) in [6.07, 6.45) is 10.6. The molecule has 2 atom stereocenters. The maximum atomic E-state index is 3.68. The first-order valence-corrected chi connectivity index (χ1v) is 6.95. The molecule has 84 valence electrons. The lowest BCUT2D eigenvalue weighted by Gasteiger charge is -2.18. The molecule has 1 aromatic heterocycles. The van der Waals surface area contributed by atoms with Crippen LogP contribution in [0.1, 0.15) is 24.8 Å². The van der Waals surface area contributed by atoms with Crippen molar-refractivity contribution >= 4 is 11.8 Å². The molecule has 1 aliphatic rings. The molecule has 2 rings (SSSR count). The van der Waals surface area contributed by atoms with Crippen LogP contribution < -0.4 is 5.32 Å². The Bertz CT molecular complexity index is 308. The summed E-state index contributed by atoms with van der Waals surface area (Å²) in [6, 6.07) is 2.91. The fraction of sp³-hybridized carbons (Fsp3) is 0.667. The summed E-state index contributed by atoms with van der Waals surface area (Å²) in [7, 11) is 2.07. The second kappa shape index (κ2) is 5.08. The Balaban J connectivity index is 1.82. The van der Waals surface area contributed by atoms with E-state index in [1.165, 1.54) is 24.8 Å². The first-order chi connectivity index (χ1) is 7.29. The maximum Gasteiger partial charge on any atom is 0.0223 e. The fourth-order valence-corrected chi connectivity index (χ4v) is 3.32. The number of nitrogens with one attached hydrogen (secondary N) is 1. The molecule has 0 spiro atoms. The molecule has 0 bridgehead atoms. The van der Waals surface area contributed by atoms with Crippen molar-refractivity contribution in [2.24, 2.45) is 7.05 Å². The Morgan fingerprint density at radius 1 is 1.53 bits per heavy atom. The van der Waals surface area contributed by atoms with E-state index in [-0.39, 0.29) is 0 Å². The number of aromatic nitrogens is 1. The number of rotatable bonds is 4. The SMILES string of the molecule is CSC1CCCC1NCc1ccn(C)c1. The maximum absolute atomic E-state index is 3.68. The largest absolute Gasteiger partial charge is 0.357 e. The van der Waals surface area contributed by atoms with Crippen molar-refractivity contribution in [3.63, 3.8) is 0 Å². The molecule has 2 nitrogen and oxygen atoms in total. The fourth-order valence-electron chi connectivity index (χ4n) is 2.36. The lowest BCUT2D eigenvalue weighted by atomic mass is 10.2. The van der Waals surface area contributed by atoms with Crippen LogP contribution in [0.5, 0.6) is 0 Å². The standard InChI is InChI=1S/C12H20N2S/c1-14-7-6-10(9-14)8-13-11-4-3-5-12(11)15-2/h6-7,9,11-13H,3-5,8H2,1-2H3. The molecule has 1 aliphatic carbocycles. The van der Waals surface area contributed by atoms with Gasteiger partial charge in [0.25, 0.3) is 0 Å². The molecular formula is C12H20N2S. The third-order valence-corrected chi connectivity index (χ3v) is 4.39. The monoisotopic (exact) mass is 224 g/mol. The molecule has 1 aromatic rings. The van der Waals surface area contributed by atoms with Crippen molar-refractivity contribution < 1.29 is 0 Å². The first-order valence-electron chi connectivity index (χ1n) is 5.66. The van der Waals surface area contributed by atoms with E-state index in [1.54, 1.807) is 0 Å². The van der Waals surface area contributed by atoms with Gasteiger partial charge in [0.05, 0.1) is 0 Å². The highest BCUT2D eigenvalue weighted by atomic mass is 32.2. The number of hydrogen-bond acceptors (Lipinski definition) is 2. The summed E-state index contributed by atoms with van der Waals surface area (Å²) in [5.74, 6) is 0. The van der Waals surface area contributed by atoms with Gasteiger partial charge >= 0.3 is 0 Å². The Kier molecular flexibility index (Phi) is 3.76. The van der Waals surface area contributed by atoms with Crippen LogP contribution in [0.15, 0.2) is 18.5 Å². The molecule has 1 saturated carbocycles. The summed E-state index contributed by atoms with van der Waals surface area (Å²) in [6.45, 7) is 1.02. The van der Waals surface area contributed by atoms with Gasteiger partial charge in [0, 0.05) is 37.3 Å². The van der Waals surface area contributed by atoms with Crippen molar-refractivity contribution in [1.82, 2.24) is 9.88 Å². The van der Waals surface area contributed by atoms with E-state index in [1.807, 2.05) is 11.8 Å². The number of hydrogen-bond donors (Lipinski definition) is 1. The highest BCUT2D eigenvalue weighted by Crippen LogP contribution is 2.28. The molecule has 0 aliphatic heterocycles. The van der Waals surface area contributed by atoms with Gasteiger partial charge in [-0.1, -0.05) is 6.42 Å². The van der Waals surface area contributed by atoms with E-state index in [4.69, 9.17) is 0 Å². The Hall–Kier alpha value is -0.410. The van der Waals surface area contributed by atoms with Gasteiger partial charge in [-0.05, 0) is 30.7 Å². The molecule has 1 heterocycles. The average Bonchev–Trinajstić information content (AvgIpc) is 2.83. The predicted molar refractivity (Wildman–Crippen MR) is 67.2 cm³/mol. The highest BCUT2D eigenvalue weighted by Gasteiger charge is 2.25. The smallest absolute Gasteiger partial charge is 0.0223 e. The van der Waals surface area contributed by atoms with Crippen molar-refractivity contribution in [3.05, 3.63) is 24.0 Å². The first kappa shape index (κ1) is 11.1. The van der Waals surface area contributed by atoms with E-state index in [2.05, 4.69) is 41.6 Å². The van der Waals surface area contributed by atoms with Gasteiger partial charge in [-0.25, -0.2) is 0 Å². The third-order valence-electron chi connectivity index (χ3n) is 3.22. The molecule has 0 amide bonds. The predicted octanol–water partition coefficient (Wildman–Crippen LogP) is 2.40. The van der Waals surface area contributed by atoms with Gasteiger partial charge in [0.15, 0.2) is 0 Å². The van der Waals surface area contributed by atoms with Crippen LogP contribution in [0.3, 0.4) is 0 Å². The molecule has 2 unspecified atom stereocenters. The van der Waals surface area contributed by atoms with Crippen LogP contribution >= 0.6 is 11.8 Å². The van der Waals surface area contributed by atoms with Crippen molar-refractivity contribution in [2.45, 2.75) is 37.1 Å². The lowest BCUT2D eigenvalue weighted by Crippen LogP contribution is -2.33. The van der Waals surface area contributed by atoms with Gasteiger partial charge in [0.1, 0.15) is 0 Å². The Labute approximate surface area is 96.4 Å². The summed E-state index contributed by atoms with van der Waals surface area (Å²) in [5.41, 5.74) is 1.39. The minimum Gasteiger partial charge on any atom is -0.357 e. The molecule has 0 saturated heterocycles. The van der Waals surface area contributed by atoms with Crippen molar-refractivity contribution in [1.29, 1.82) is 0 Å². The quantitative estimate of drug-likeness (QED) is 0.846. The Morgan fingerprint density at radius 3 is 3.07 bits per heavy atom. The summed E-state index contributed by atoms with van der Waals surface area (Å²) in [4.78, 5) is 0. The second-order valence-electron chi connectivity index (χ2n) is 4.38. The minimum absolute atomic E-state index is 0.722. The Morgan fingerprint density at radius 2 is 2.40 bits per heavy atom. The molecule has 0 aromatic carbocycles. The molecule has 3 heteroatoms. The lowest BCUT2D eigenvalue weighted by molar-refractivity contribution is 0.532. The molecule has 1 fully saturated rings. The van der Waals surface area contributed by atoms with E-state index in [0.29, 0.717) is 0 Å². The van der Waals surface area contributed by atoms with Crippen LogP contribution in [0.25, 0.3) is 0 Å². The number of aryl methyl sites for hydroxylation is 1. The van der Waals surface area contributed by atoms with Crippen LogP contribution in [0.4, 0.5) is 0 Å². The topological polar surface area (TPSA) is 17.0 Å². The van der Waals surface area contributed by atoms with E-state index in [0.717, 1.165) is 17.8 Å². The number of nitrogens with zero attached hydrogens (tertiary/aromatic N) is 1. The van der Waals surface area contributed by atoms with E-state index in [9.17, 15) is 0 Å². The van der Waals surface area contributed by atoms with Crippen molar-refractivity contribution in [3.8, 4) is 0 Å². The molecule has 1 N–H and O–H groups in total. The number of thioether (sulfide) groups is 1. The van der Waals surface area contributed by atoms with E-state index >= 15 is 0 Å². The van der Waals surface area contributed by atoms with Crippen LogP contribution in [-0.4, -0.2) is 22.1 Å². The molecule has 0 radical (unpaired) electrons. The van der Waals surface area contributed by atoms with Crippen molar-refractivity contribution in [2.75, 3.05) is 6.26 Å². The van der Waals surface area contributed by atoms with Gasteiger partial charge in [-0.2, -0.15) is 11.8 Å². The zero-order valence-electron chi connectivity index (χ0n) is 9.57. The molecule has 15 heavy (non-hydrogen) atoms. The minimum atomic E-state index is 0.722. The second-order valence-corrected chi connectivity index (χ2v) is 5.45. The van der Waals surface area contributed by atoms with Gasteiger partial charge in [-0.3, -0.25) is 0 Å².